The van der Waals surface area contributed by atoms with Crippen molar-refractivity contribution in [1.82, 2.24) is 59.5 Å². The summed E-state index contributed by atoms with van der Waals surface area (Å²) in [5.74, 6) is -5.88. The first-order valence-electron chi connectivity index (χ1n) is 30.2. The van der Waals surface area contributed by atoms with E-state index in [1.165, 1.54) is 36.4 Å². The zero-order valence-electron chi connectivity index (χ0n) is 54.7. The number of hydrogen-bond donors (Lipinski definition) is 0. The Bertz CT molecular complexity index is 4540. The summed E-state index contributed by atoms with van der Waals surface area (Å²) in [5, 5.41) is 0. The summed E-state index contributed by atoms with van der Waals surface area (Å²) >= 11 is 0. The van der Waals surface area contributed by atoms with Crippen molar-refractivity contribution in [2.45, 2.75) is 0 Å². The van der Waals surface area contributed by atoms with Crippen LogP contribution >= 0.6 is 0 Å². The zero-order valence-corrected chi connectivity index (χ0v) is 61.0. The van der Waals surface area contributed by atoms with Crippen LogP contribution in [0.4, 0.5) is 92.3 Å². The summed E-state index contributed by atoms with van der Waals surface area (Å²) in [6, 6.07) is 44.5. The third kappa shape index (κ3) is 15.5. The van der Waals surface area contributed by atoms with Gasteiger partial charge in [0.1, 0.15) is 59.2 Å². The molecule has 6 aliphatic rings. The second-order valence-corrected chi connectivity index (χ2v) is 22.6. The molecule has 0 amide bonds. The van der Waals surface area contributed by atoms with Crippen molar-refractivity contribution in [3.05, 3.63) is 283 Å². The van der Waals surface area contributed by atoms with Gasteiger partial charge in [-0.2, -0.15) is 74.1 Å². The van der Waals surface area contributed by atoms with E-state index in [1.54, 1.807) is 12.4 Å². The average Bonchev–Trinajstić information content (AvgIpc) is 1.53. The van der Waals surface area contributed by atoms with Crippen LogP contribution in [-0.2, 0) is 60.6 Å². The Morgan fingerprint density at radius 3 is 0.933 bits per heavy atom. The van der Waals surface area contributed by atoms with Crippen LogP contribution in [0.25, 0.3) is 45.0 Å². The molecule has 0 atom stereocenters. The first-order valence-corrected chi connectivity index (χ1v) is 30.2. The summed E-state index contributed by atoms with van der Waals surface area (Å²) < 4.78 is 113. The van der Waals surface area contributed by atoms with E-state index in [-0.39, 0.29) is 106 Å². The standard InChI is InChI=1S/C42H38N14O.2C15H5F4N3.Ir.Pt.Rh/c1-45-13-17-51(25-45)33-23-39(37(53-19-15-47(3)27-53)21-35(33)55-29-49(5)41-31(55)9-7-11-43-41)57-40-24-34(52-18-14-46(2)26-52)36(22-38(40)54-20-16-48(4)28-54)56-30-50(6)42-32(56)10-8-12-44-42;2*16-12-6-4-8(14(18)21-12)10-2-1-3-11(20-10)9-5-7-13(17)22-15(9)19;;;/h7-20,25-30H,1-6H3;2*1-3,6-7H;;;/q-10;2*-2;;+4;. The van der Waals surface area contributed by atoms with Crippen LogP contribution in [0.2, 0.25) is 0 Å². The second kappa shape index (κ2) is 31.6. The minimum atomic E-state index is -1.09. The molecule has 0 saturated carbocycles. The van der Waals surface area contributed by atoms with Gasteiger partial charge >= 0.3 is 21.1 Å². The summed E-state index contributed by atoms with van der Waals surface area (Å²) in [7, 11) is 11.9. The number of aromatic nitrogens is 8. The van der Waals surface area contributed by atoms with E-state index in [0.717, 1.165) is 70.0 Å². The number of rotatable bonds is 12. The van der Waals surface area contributed by atoms with Crippen molar-refractivity contribution in [3.63, 3.8) is 0 Å². The molecule has 0 bridgehead atoms. The molecule has 0 fully saturated rings. The van der Waals surface area contributed by atoms with E-state index in [0.29, 0.717) is 22.9 Å². The predicted octanol–water partition coefficient (Wildman–Crippen LogP) is 13.0. The largest absolute Gasteiger partial charge is 4.00 e. The Kier molecular flexibility index (Phi) is 22.6. The van der Waals surface area contributed by atoms with E-state index in [4.69, 9.17) is 4.74 Å². The number of benzene rings is 2. The SMILES string of the molecule is CN1C=CN(c2[c-]c(N3[CH-]N(C)c4ncccc43)c(N3C=CN(C)[CH-]3)[c-]c2Oc2[c-]c(N3C=CN(C)[CH-]3)c(N3[CH-]N(C)c4ncccc43)[c-]c2N2C=CN(C)[CH-]2)[CH-]1.Fc1c[c-]c(-c2cccc(-c3[c-]cc(F)nc3F)n2)c(F)n1.Fc1c[c-]c(-c2cccc(-c3[c-]cc(F)nc3F)n2)c(F)n1.[Ir].[Pt+4].[Rh]. The molecule has 0 N–H and O–H groups in total. The normalized spacial score (nSPS) is 14.6. The minimum Gasteiger partial charge on any atom is -0.620 e. The molecule has 21 nitrogen and oxygen atoms in total. The number of anilines is 10. The van der Waals surface area contributed by atoms with Gasteiger partial charge in [-0.15, -0.1) is 24.3 Å². The Hall–Kier alpha value is -10.6. The fourth-order valence-corrected chi connectivity index (χ4v) is 10.8. The maximum atomic E-state index is 13.6. The van der Waals surface area contributed by atoms with E-state index >= 15 is 0 Å². The maximum absolute atomic E-state index is 13.6. The van der Waals surface area contributed by atoms with Crippen molar-refractivity contribution in [2.75, 3.05) is 81.5 Å². The number of halogens is 8. The number of pyridine rings is 8. The molecule has 10 aromatic rings. The molecule has 14 heterocycles. The Morgan fingerprint density at radius 2 is 0.654 bits per heavy atom. The molecule has 536 valence electrons. The van der Waals surface area contributed by atoms with Gasteiger partial charge in [-0.3, -0.25) is 44.2 Å². The van der Waals surface area contributed by atoms with E-state index in [1.807, 2.05) is 193 Å². The van der Waals surface area contributed by atoms with Crippen molar-refractivity contribution in [2.24, 2.45) is 0 Å². The molecular formula is C72H48F8IrN20OPtRh-10. The van der Waals surface area contributed by atoms with Crippen molar-refractivity contribution >= 4 is 57.1 Å². The molecule has 104 heavy (non-hydrogen) atoms. The number of nitrogens with zero attached hydrogens (tertiary/aromatic N) is 20. The van der Waals surface area contributed by atoms with Gasteiger partial charge in [-0.05, 0) is 139 Å². The second-order valence-electron chi connectivity index (χ2n) is 22.6. The first-order chi connectivity index (χ1) is 48.8. The van der Waals surface area contributed by atoms with Gasteiger partial charge in [0.15, 0.2) is 0 Å². The van der Waals surface area contributed by atoms with Gasteiger partial charge in [0.25, 0.3) is 0 Å². The molecular weight excluding hydrogens is 1800 g/mol. The average molecular weight is 1850 g/mol. The van der Waals surface area contributed by atoms with Crippen molar-refractivity contribution in [3.8, 4) is 56.5 Å². The maximum Gasteiger partial charge on any atom is 4.00 e. The molecule has 2 radical (unpaired) electrons. The van der Waals surface area contributed by atoms with Crippen LogP contribution in [0.1, 0.15) is 0 Å². The van der Waals surface area contributed by atoms with Crippen molar-refractivity contribution < 1.29 is 101 Å². The first kappa shape index (κ1) is 74.6. The smallest absolute Gasteiger partial charge is 0.620 e. The van der Waals surface area contributed by atoms with Crippen LogP contribution in [0, 0.1) is 136 Å². The zero-order chi connectivity index (χ0) is 70.3. The molecule has 8 aromatic heterocycles. The summed E-state index contributed by atoms with van der Waals surface area (Å²) in [6.07, 6.45) is 19.5. The minimum absolute atomic E-state index is 0. The quantitative estimate of drug-likeness (QED) is 0.0493. The van der Waals surface area contributed by atoms with Crippen LogP contribution in [0.3, 0.4) is 0 Å². The summed E-state index contributed by atoms with van der Waals surface area (Å²) in [5.41, 5.74) is 5.69. The van der Waals surface area contributed by atoms with Crippen LogP contribution < -0.4 is 43.9 Å². The third-order valence-electron chi connectivity index (χ3n) is 15.4. The van der Waals surface area contributed by atoms with E-state index in [9.17, 15) is 35.1 Å². The van der Waals surface area contributed by atoms with E-state index in [2.05, 4.69) is 110 Å². The van der Waals surface area contributed by atoms with Crippen LogP contribution in [-0.4, -0.2) is 102 Å². The number of ether oxygens (including phenoxy) is 1. The molecule has 2 aromatic carbocycles. The molecule has 0 spiro atoms. The Balaban J connectivity index is 0.000000189. The third-order valence-corrected chi connectivity index (χ3v) is 15.4. The van der Waals surface area contributed by atoms with Gasteiger partial charge in [0, 0.05) is 63.4 Å². The molecule has 0 saturated heterocycles. The van der Waals surface area contributed by atoms with Gasteiger partial charge in [0.2, 0.25) is 0 Å². The summed E-state index contributed by atoms with van der Waals surface area (Å²) in [4.78, 5) is 53.6. The van der Waals surface area contributed by atoms with Gasteiger partial charge < -0.3 is 73.5 Å². The predicted molar refractivity (Wildman–Crippen MR) is 358 cm³/mol. The molecule has 0 aliphatic carbocycles. The fourth-order valence-electron chi connectivity index (χ4n) is 10.8. The van der Waals surface area contributed by atoms with Gasteiger partial charge in [-0.25, -0.2) is 45.1 Å². The van der Waals surface area contributed by atoms with Gasteiger partial charge in [0.05, 0.1) is 0 Å². The molecule has 0 unspecified atom stereocenters. The Morgan fingerprint density at radius 1 is 0.356 bits per heavy atom. The molecule has 16 rings (SSSR count). The molecule has 6 aliphatic heterocycles. The van der Waals surface area contributed by atoms with Crippen LogP contribution in [0.5, 0.6) is 11.5 Å². The number of hydrogen-bond acceptors (Lipinski definition) is 21. The number of fused-ring (bicyclic) bond motifs is 2. The topological polar surface area (TPSA) is 151 Å². The molecule has 32 heteroatoms. The van der Waals surface area contributed by atoms with Crippen LogP contribution in [0.15, 0.2) is 147 Å². The van der Waals surface area contributed by atoms with Crippen molar-refractivity contribution in [1.29, 1.82) is 0 Å². The Labute approximate surface area is 634 Å². The van der Waals surface area contributed by atoms with Gasteiger partial charge in [-0.1, -0.05) is 94.4 Å². The summed E-state index contributed by atoms with van der Waals surface area (Å²) in [6.45, 7) is 12.0. The fraction of sp³-hybridized carbons (Fsp3) is 0.0833. The van der Waals surface area contributed by atoms with E-state index < -0.39 is 47.6 Å². The monoisotopic (exact) mass is 1850 g/mol.